The van der Waals surface area contributed by atoms with E-state index in [0.717, 1.165) is 5.56 Å². The minimum atomic E-state index is 0.665. The van der Waals surface area contributed by atoms with Crippen LogP contribution in [0.25, 0.3) is 11.4 Å². The van der Waals surface area contributed by atoms with Crippen molar-refractivity contribution in [3.8, 4) is 11.4 Å². The first-order valence-corrected chi connectivity index (χ1v) is 4.66. The molecule has 0 unspecified atom stereocenters. The van der Waals surface area contributed by atoms with Gasteiger partial charge in [-0.05, 0) is 0 Å². The zero-order valence-corrected chi connectivity index (χ0v) is 8.38. The number of benzene rings is 1. The molecule has 0 atom stereocenters. The Labute approximate surface area is 83.9 Å². The summed E-state index contributed by atoms with van der Waals surface area (Å²) in [4.78, 5) is 4.08. The third kappa shape index (κ3) is 2.62. The van der Waals surface area contributed by atoms with E-state index in [1.165, 1.54) is 0 Å². The fourth-order valence-corrected chi connectivity index (χ4v) is 0.967. The quantitative estimate of drug-likeness (QED) is 0.688. The van der Waals surface area contributed by atoms with Crippen molar-refractivity contribution < 1.29 is 0 Å². The van der Waals surface area contributed by atoms with Crippen LogP contribution in [0.5, 0.6) is 0 Å². The molecule has 14 heavy (non-hydrogen) atoms. The van der Waals surface area contributed by atoms with Gasteiger partial charge in [-0.15, -0.1) is 5.10 Å². The molecule has 0 fully saturated rings. The van der Waals surface area contributed by atoms with Crippen LogP contribution in [0.15, 0.2) is 42.7 Å². The van der Waals surface area contributed by atoms with Crippen molar-refractivity contribution in [1.29, 1.82) is 0 Å². The average molecular weight is 187 g/mol. The van der Waals surface area contributed by atoms with E-state index in [2.05, 4.69) is 15.2 Å². The summed E-state index contributed by atoms with van der Waals surface area (Å²) < 4.78 is 0. The number of hydrogen-bond acceptors (Lipinski definition) is 3. The summed E-state index contributed by atoms with van der Waals surface area (Å²) >= 11 is 0. The predicted molar refractivity (Wildman–Crippen MR) is 56.6 cm³/mol. The van der Waals surface area contributed by atoms with Crippen LogP contribution in [0.1, 0.15) is 13.8 Å². The summed E-state index contributed by atoms with van der Waals surface area (Å²) in [5, 5.41) is 7.64. The minimum absolute atomic E-state index is 0.665. The van der Waals surface area contributed by atoms with Gasteiger partial charge in [0.15, 0.2) is 5.82 Å². The maximum Gasteiger partial charge on any atom is 0.181 e. The molecule has 2 aromatic rings. The molecule has 3 heteroatoms. The Morgan fingerprint density at radius 1 is 0.929 bits per heavy atom. The van der Waals surface area contributed by atoms with Gasteiger partial charge in [-0.25, -0.2) is 4.98 Å². The highest BCUT2D eigenvalue weighted by atomic mass is 15.1. The molecule has 0 N–H and O–H groups in total. The minimum Gasteiger partial charge on any atom is -0.233 e. The highest BCUT2D eigenvalue weighted by molar-refractivity contribution is 5.53. The molecule has 2 rings (SSSR count). The lowest BCUT2D eigenvalue weighted by Gasteiger charge is -1.95. The van der Waals surface area contributed by atoms with Gasteiger partial charge >= 0.3 is 0 Å². The molecule has 1 heterocycles. The Morgan fingerprint density at radius 3 is 2.21 bits per heavy atom. The van der Waals surface area contributed by atoms with Gasteiger partial charge in [0.1, 0.15) is 0 Å². The molecule has 72 valence electrons. The molecular weight excluding hydrogens is 174 g/mol. The number of aromatic nitrogens is 3. The van der Waals surface area contributed by atoms with Crippen LogP contribution in [0, 0.1) is 0 Å². The van der Waals surface area contributed by atoms with E-state index >= 15 is 0 Å². The van der Waals surface area contributed by atoms with E-state index < -0.39 is 0 Å². The maximum absolute atomic E-state index is 4.08. The molecule has 0 radical (unpaired) electrons. The molecule has 0 amide bonds. The van der Waals surface area contributed by atoms with Gasteiger partial charge in [0.05, 0.1) is 6.20 Å². The van der Waals surface area contributed by atoms with Crippen LogP contribution in [0.3, 0.4) is 0 Å². The average Bonchev–Trinajstić information content (AvgIpc) is 2.34. The topological polar surface area (TPSA) is 38.7 Å². The van der Waals surface area contributed by atoms with Gasteiger partial charge in [-0.3, -0.25) is 0 Å². The summed E-state index contributed by atoms with van der Waals surface area (Å²) in [5.74, 6) is 0.665. The van der Waals surface area contributed by atoms with E-state index in [1.807, 2.05) is 44.2 Å². The second-order valence-electron chi connectivity index (χ2n) is 2.33. The van der Waals surface area contributed by atoms with Crippen LogP contribution in [-0.4, -0.2) is 15.2 Å². The Kier molecular flexibility index (Phi) is 4.27. The van der Waals surface area contributed by atoms with Crippen molar-refractivity contribution in [2.75, 3.05) is 0 Å². The molecule has 0 saturated carbocycles. The van der Waals surface area contributed by atoms with Gasteiger partial charge in [0.25, 0.3) is 0 Å². The van der Waals surface area contributed by atoms with E-state index in [1.54, 1.807) is 12.4 Å². The van der Waals surface area contributed by atoms with Crippen LogP contribution >= 0.6 is 0 Å². The monoisotopic (exact) mass is 187 g/mol. The van der Waals surface area contributed by atoms with Crippen molar-refractivity contribution in [1.82, 2.24) is 15.2 Å². The van der Waals surface area contributed by atoms with E-state index in [4.69, 9.17) is 0 Å². The molecule has 0 bridgehead atoms. The van der Waals surface area contributed by atoms with Gasteiger partial charge in [0.2, 0.25) is 0 Å². The zero-order valence-electron chi connectivity index (χ0n) is 8.38. The molecule has 1 aromatic carbocycles. The van der Waals surface area contributed by atoms with Gasteiger partial charge in [0, 0.05) is 11.8 Å². The van der Waals surface area contributed by atoms with Crippen LogP contribution in [-0.2, 0) is 0 Å². The highest BCUT2D eigenvalue weighted by Gasteiger charge is 1.96. The van der Waals surface area contributed by atoms with Crippen molar-refractivity contribution in [2.45, 2.75) is 13.8 Å². The lowest BCUT2D eigenvalue weighted by Crippen LogP contribution is -1.88. The lowest BCUT2D eigenvalue weighted by molar-refractivity contribution is 0.980. The van der Waals surface area contributed by atoms with Gasteiger partial charge < -0.3 is 0 Å². The smallest absolute Gasteiger partial charge is 0.181 e. The zero-order chi connectivity index (χ0) is 10.2. The Morgan fingerprint density at radius 2 is 1.64 bits per heavy atom. The highest BCUT2D eigenvalue weighted by Crippen LogP contribution is 2.10. The first kappa shape index (κ1) is 10.3. The fraction of sp³-hybridized carbons (Fsp3) is 0.182. The normalized spacial score (nSPS) is 8.71. The van der Waals surface area contributed by atoms with Crippen LogP contribution < -0.4 is 0 Å². The Bertz CT molecular complexity index is 308. The first-order valence-electron chi connectivity index (χ1n) is 4.66. The molecule has 0 aliphatic carbocycles. The summed E-state index contributed by atoms with van der Waals surface area (Å²) in [6.07, 6.45) is 3.20. The summed E-state index contributed by atoms with van der Waals surface area (Å²) in [6, 6.07) is 9.77. The van der Waals surface area contributed by atoms with Crippen molar-refractivity contribution in [2.24, 2.45) is 0 Å². The molecule has 0 aliphatic heterocycles. The van der Waals surface area contributed by atoms with Gasteiger partial charge in [-0.2, -0.15) is 5.10 Å². The van der Waals surface area contributed by atoms with Crippen molar-refractivity contribution in [3.05, 3.63) is 42.7 Å². The summed E-state index contributed by atoms with van der Waals surface area (Å²) in [5.41, 5.74) is 0.991. The third-order valence-electron chi connectivity index (χ3n) is 1.51. The van der Waals surface area contributed by atoms with Crippen LogP contribution in [0.4, 0.5) is 0 Å². The fourth-order valence-electron chi connectivity index (χ4n) is 0.967. The summed E-state index contributed by atoms with van der Waals surface area (Å²) in [7, 11) is 0. The largest absolute Gasteiger partial charge is 0.233 e. The van der Waals surface area contributed by atoms with Gasteiger partial charge in [-0.1, -0.05) is 44.2 Å². The molecule has 1 aromatic heterocycles. The molecule has 3 nitrogen and oxygen atoms in total. The van der Waals surface area contributed by atoms with E-state index in [-0.39, 0.29) is 0 Å². The maximum atomic E-state index is 4.08. The SMILES string of the molecule is CC.c1ccc(-c2nccnn2)cc1. The number of rotatable bonds is 1. The second kappa shape index (κ2) is 5.80. The molecule has 0 spiro atoms. The lowest BCUT2D eigenvalue weighted by atomic mass is 10.2. The van der Waals surface area contributed by atoms with E-state index in [9.17, 15) is 0 Å². The number of nitrogens with zero attached hydrogens (tertiary/aromatic N) is 3. The molecular formula is C11H13N3. The number of hydrogen-bond donors (Lipinski definition) is 0. The molecule has 0 saturated heterocycles. The summed E-state index contributed by atoms with van der Waals surface area (Å²) in [6.45, 7) is 4.00. The second-order valence-corrected chi connectivity index (χ2v) is 2.33. The molecule has 0 aliphatic rings. The van der Waals surface area contributed by atoms with E-state index in [0.29, 0.717) is 5.82 Å². The predicted octanol–water partition coefficient (Wildman–Crippen LogP) is 2.56. The van der Waals surface area contributed by atoms with Crippen molar-refractivity contribution >= 4 is 0 Å². The van der Waals surface area contributed by atoms with Crippen LogP contribution in [0.2, 0.25) is 0 Å². The Balaban J connectivity index is 0.000000461. The standard InChI is InChI=1S/C9H7N3.C2H6/c1-2-4-8(5-3-1)9-10-6-7-11-12-9;1-2/h1-7H;1-2H3. The van der Waals surface area contributed by atoms with Crippen molar-refractivity contribution in [3.63, 3.8) is 0 Å². The Hall–Kier alpha value is -1.77. The first-order chi connectivity index (χ1) is 6.97. The third-order valence-corrected chi connectivity index (χ3v) is 1.51.